The maximum absolute atomic E-state index is 13.0. The molecule has 0 aliphatic carbocycles. The average Bonchev–Trinajstić information content (AvgIpc) is 3.56. The van der Waals surface area contributed by atoms with Gasteiger partial charge in [-0.05, 0) is 31.0 Å². The maximum atomic E-state index is 13.0. The van der Waals surface area contributed by atoms with E-state index in [0.717, 1.165) is 59.6 Å². The minimum atomic E-state index is 0. The van der Waals surface area contributed by atoms with Crippen LogP contribution in [0.25, 0.3) is 22.3 Å². The van der Waals surface area contributed by atoms with Crippen LogP contribution < -0.4 is 4.90 Å². The molecule has 0 spiro atoms. The number of fused-ring (bicyclic) bond motifs is 1. The van der Waals surface area contributed by atoms with Crippen LogP contribution in [0.5, 0.6) is 0 Å². The normalized spacial score (nSPS) is 12.8. The molecule has 0 bridgehead atoms. The van der Waals surface area contributed by atoms with Crippen LogP contribution in [0.2, 0.25) is 0 Å². The summed E-state index contributed by atoms with van der Waals surface area (Å²) < 4.78 is 1.74. The standard InChI is InChI=1S/C26H27N6O2.CH3.U/c1-30-18-20(16-28-30)25-17-27-23-9-8-22(15-24(23)29-25)32(12-5-13-33)21-7-4-6-19(14-21)26(34)31-10-2-3-11-31;;/h6-9,14-18,33H,2-3,5,10-13H2,1H3;1H3;/q2*-1;+2/p+1. The van der Waals surface area contributed by atoms with Crippen molar-refractivity contribution in [2.45, 2.75) is 19.3 Å². The topological polar surface area (TPSA) is 90.0 Å². The number of carbonyl (C=O) groups is 1. The van der Waals surface area contributed by atoms with E-state index in [4.69, 9.17) is 10.1 Å². The zero-order valence-electron chi connectivity index (χ0n) is 20.7. The van der Waals surface area contributed by atoms with Crippen molar-refractivity contribution in [3.8, 4) is 11.3 Å². The van der Waals surface area contributed by atoms with Crippen molar-refractivity contribution in [2.75, 3.05) is 31.1 Å². The van der Waals surface area contributed by atoms with E-state index in [1.165, 1.54) is 0 Å². The van der Waals surface area contributed by atoms with Gasteiger partial charge < -0.3 is 22.3 Å². The van der Waals surface area contributed by atoms with Crippen LogP contribution >= 0.6 is 0 Å². The summed E-state index contributed by atoms with van der Waals surface area (Å²) >= 11 is 0. The van der Waals surface area contributed by atoms with Crippen LogP contribution in [0.15, 0.2) is 55.0 Å². The summed E-state index contributed by atoms with van der Waals surface area (Å²) in [7, 11) is 1.87. The summed E-state index contributed by atoms with van der Waals surface area (Å²) in [5.41, 5.74) is 5.74. The molecule has 1 aliphatic rings. The van der Waals surface area contributed by atoms with E-state index < -0.39 is 0 Å². The predicted octanol–water partition coefficient (Wildman–Crippen LogP) is 3.77. The molecule has 4 aromatic rings. The van der Waals surface area contributed by atoms with Gasteiger partial charge in [-0.15, -0.1) is 6.07 Å². The Balaban J connectivity index is 0.00000180. The van der Waals surface area contributed by atoms with Gasteiger partial charge in [0, 0.05) is 50.6 Å². The Bertz CT molecular complexity index is 1320. The second-order valence-corrected chi connectivity index (χ2v) is 8.57. The molecule has 0 radical (unpaired) electrons. The summed E-state index contributed by atoms with van der Waals surface area (Å²) in [6.07, 6.45) is 8.27. The quantitative estimate of drug-likeness (QED) is 0.216. The molecule has 9 heteroatoms. The van der Waals surface area contributed by atoms with Crippen molar-refractivity contribution in [1.82, 2.24) is 24.6 Å². The van der Waals surface area contributed by atoms with E-state index >= 15 is 0 Å². The van der Waals surface area contributed by atoms with Crippen molar-refractivity contribution < 1.29 is 41.0 Å². The van der Waals surface area contributed by atoms with Gasteiger partial charge in [-0.1, -0.05) is 11.3 Å². The Morgan fingerprint density at radius 1 is 1.11 bits per heavy atom. The first-order chi connectivity index (χ1) is 16.6. The molecule has 2 N–H and O–H groups in total. The van der Waals surface area contributed by atoms with Gasteiger partial charge in [-0.3, -0.25) is 14.5 Å². The van der Waals surface area contributed by atoms with E-state index in [0.29, 0.717) is 25.1 Å². The maximum Gasteiger partial charge on any atom is 2.00 e. The number of carbonyl (C=O) groups excluding carboxylic acids is 1. The fraction of sp³-hybridized carbons (Fsp3) is 0.296. The Morgan fingerprint density at radius 3 is 2.64 bits per heavy atom. The molecule has 36 heavy (non-hydrogen) atoms. The van der Waals surface area contributed by atoms with Crippen LogP contribution in [0, 0.1) is 44.6 Å². The van der Waals surface area contributed by atoms with E-state index in [2.05, 4.69) is 21.0 Å². The fourth-order valence-electron chi connectivity index (χ4n) is 4.35. The molecule has 2 aromatic heterocycles. The van der Waals surface area contributed by atoms with Gasteiger partial charge in [0.1, 0.15) is 6.61 Å². The molecule has 3 heterocycles. The third-order valence-corrected chi connectivity index (χ3v) is 6.12. The third-order valence-electron chi connectivity index (χ3n) is 6.12. The fourth-order valence-corrected chi connectivity index (χ4v) is 4.35. The van der Waals surface area contributed by atoms with E-state index in [1.54, 1.807) is 23.1 Å². The Hall–Kier alpha value is -2.73. The Kier molecular flexibility index (Phi) is 9.66. The Morgan fingerprint density at radius 2 is 1.92 bits per heavy atom. The molecule has 2 aromatic carbocycles. The molecule has 184 valence electrons. The summed E-state index contributed by atoms with van der Waals surface area (Å²) in [4.78, 5) is 26.4. The number of hydrogen-bond acceptors (Lipinski definition) is 5. The van der Waals surface area contributed by atoms with Gasteiger partial charge in [0.05, 0.1) is 29.1 Å². The van der Waals surface area contributed by atoms with Crippen LogP contribution in [-0.2, 0) is 7.05 Å². The molecule has 1 aliphatic heterocycles. The minimum absolute atomic E-state index is 0. The number of aromatic nitrogens is 4. The second kappa shape index (κ2) is 12.5. The smallest absolute Gasteiger partial charge is 0.445 e. The molecule has 0 saturated carbocycles. The van der Waals surface area contributed by atoms with E-state index in [9.17, 15) is 4.79 Å². The zero-order valence-corrected chi connectivity index (χ0v) is 24.9. The summed E-state index contributed by atoms with van der Waals surface area (Å²) in [5.74, 6) is 0.0570. The summed E-state index contributed by atoms with van der Waals surface area (Å²) in [5, 5.41) is 11.9. The number of hydrogen-bond donors (Lipinski definition) is 0. The van der Waals surface area contributed by atoms with E-state index in [-0.39, 0.29) is 44.4 Å². The van der Waals surface area contributed by atoms with Crippen LogP contribution in [0.1, 0.15) is 29.6 Å². The van der Waals surface area contributed by atoms with Gasteiger partial charge in [0.2, 0.25) is 0 Å². The average molecular weight is 710 g/mol. The first kappa shape index (κ1) is 27.9. The molecule has 1 amide bonds. The van der Waals surface area contributed by atoms with Crippen molar-refractivity contribution in [2.24, 2.45) is 7.05 Å². The number of amides is 1. The summed E-state index contributed by atoms with van der Waals surface area (Å²) in [6.45, 7) is 2.60. The SMILES string of the molecule is Cn1cc(-c2cnc3ccc(N(CCC[OH2+])c4c[c-]cc(C(=O)N5CCCC5)c4)cc3n2)cn1.[CH3-].[U+2]. The number of nitrogens with zero attached hydrogens (tertiary/aromatic N) is 6. The van der Waals surface area contributed by atoms with Crippen molar-refractivity contribution >= 4 is 28.3 Å². The van der Waals surface area contributed by atoms with Gasteiger partial charge in [-0.25, -0.2) is 4.98 Å². The van der Waals surface area contributed by atoms with Crippen molar-refractivity contribution in [3.63, 3.8) is 0 Å². The Labute approximate surface area is 235 Å². The molecule has 1 fully saturated rings. The number of anilines is 2. The molecule has 0 atom stereocenters. The molecule has 0 unspecified atom stereocenters. The van der Waals surface area contributed by atoms with Gasteiger partial charge >= 0.3 is 31.1 Å². The number of aryl methyl sites for hydroxylation is 1. The van der Waals surface area contributed by atoms with Crippen LogP contribution in [0.3, 0.4) is 0 Å². The number of benzene rings is 2. The monoisotopic (exact) mass is 709 g/mol. The van der Waals surface area contributed by atoms with Crippen LogP contribution in [0.4, 0.5) is 11.4 Å². The first-order valence-corrected chi connectivity index (χ1v) is 11.6. The number of likely N-dealkylation sites (tertiary alicyclic amines) is 1. The number of rotatable bonds is 7. The zero-order chi connectivity index (χ0) is 23.5. The largest absolute Gasteiger partial charge is 2.00 e. The first-order valence-electron chi connectivity index (χ1n) is 11.6. The second-order valence-electron chi connectivity index (χ2n) is 8.57. The minimum Gasteiger partial charge on any atom is -0.445 e. The molecular weight excluding hydrogens is 678 g/mol. The third kappa shape index (κ3) is 5.97. The molecular formula is C27H31N6O2U+. The summed E-state index contributed by atoms with van der Waals surface area (Å²) in [6, 6.07) is 14.7. The molecule has 5 rings (SSSR count). The van der Waals surface area contributed by atoms with Gasteiger partial charge in [0.15, 0.2) is 5.91 Å². The van der Waals surface area contributed by atoms with Crippen molar-refractivity contribution in [1.29, 1.82) is 0 Å². The van der Waals surface area contributed by atoms with Gasteiger partial charge in [-0.2, -0.15) is 23.3 Å². The van der Waals surface area contributed by atoms with Crippen LogP contribution in [-0.4, -0.2) is 61.9 Å². The molecule has 8 nitrogen and oxygen atoms in total. The van der Waals surface area contributed by atoms with Crippen molar-refractivity contribution in [3.05, 3.63) is 74.0 Å². The predicted molar refractivity (Wildman–Crippen MR) is 139 cm³/mol. The van der Waals surface area contributed by atoms with E-state index in [1.807, 2.05) is 48.5 Å². The molecule has 1 saturated heterocycles. The van der Waals surface area contributed by atoms with Gasteiger partial charge in [0.25, 0.3) is 0 Å².